The maximum Gasteiger partial charge on any atom is 0.250 e. The second kappa shape index (κ2) is 8.39. The molecule has 1 unspecified atom stereocenters. The average Bonchev–Trinajstić information content (AvgIpc) is 2.99. The van der Waals surface area contributed by atoms with E-state index in [0.717, 1.165) is 19.4 Å². The summed E-state index contributed by atoms with van der Waals surface area (Å²) in [6.45, 7) is 0.978. The van der Waals surface area contributed by atoms with Crippen LogP contribution in [0.15, 0.2) is 30.3 Å². The van der Waals surface area contributed by atoms with Gasteiger partial charge in [0.05, 0.1) is 6.10 Å². The van der Waals surface area contributed by atoms with Crippen molar-refractivity contribution in [1.82, 2.24) is 5.32 Å². The van der Waals surface area contributed by atoms with Crippen LogP contribution in [0.2, 0.25) is 0 Å². The van der Waals surface area contributed by atoms with Gasteiger partial charge in [-0.15, -0.1) is 0 Å². The van der Waals surface area contributed by atoms with E-state index < -0.39 is 0 Å². The Hall–Kier alpha value is -1.92. The highest BCUT2D eigenvalue weighted by molar-refractivity contribution is 5.91. The molecule has 1 aliphatic rings. The SMILES string of the molecule is O=C(COCC(=O)Nc1ccccc1)NCC1CCCO1. The molecule has 2 rings (SSSR count). The van der Waals surface area contributed by atoms with E-state index in [0.29, 0.717) is 12.2 Å². The van der Waals surface area contributed by atoms with Gasteiger partial charge in [0.25, 0.3) is 0 Å². The van der Waals surface area contributed by atoms with Crippen LogP contribution in [0.4, 0.5) is 5.69 Å². The van der Waals surface area contributed by atoms with Gasteiger partial charge in [-0.1, -0.05) is 18.2 Å². The number of hydrogen-bond donors (Lipinski definition) is 2. The van der Waals surface area contributed by atoms with Crippen LogP contribution < -0.4 is 10.6 Å². The molecule has 6 heteroatoms. The first kappa shape index (κ1) is 15.5. The molecule has 1 fully saturated rings. The first-order valence-corrected chi connectivity index (χ1v) is 7.05. The molecule has 1 heterocycles. The Labute approximate surface area is 123 Å². The quantitative estimate of drug-likeness (QED) is 0.784. The molecule has 0 radical (unpaired) electrons. The fourth-order valence-corrected chi connectivity index (χ4v) is 2.04. The van der Waals surface area contributed by atoms with Gasteiger partial charge in [0.2, 0.25) is 11.8 Å². The topological polar surface area (TPSA) is 76.7 Å². The van der Waals surface area contributed by atoms with Crippen LogP contribution in [-0.2, 0) is 19.1 Å². The van der Waals surface area contributed by atoms with Crippen molar-refractivity contribution in [3.8, 4) is 0 Å². The van der Waals surface area contributed by atoms with Crippen molar-refractivity contribution < 1.29 is 19.1 Å². The van der Waals surface area contributed by atoms with E-state index in [9.17, 15) is 9.59 Å². The largest absolute Gasteiger partial charge is 0.376 e. The Bertz CT molecular complexity index is 458. The monoisotopic (exact) mass is 292 g/mol. The molecule has 1 atom stereocenters. The minimum Gasteiger partial charge on any atom is -0.376 e. The van der Waals surface area contributed by atoms with Crippen molar-refractivity contribution in [1.29, 1.82) is 0 Å². The summed E-state index contributed by atoms with van der Waals surface area (Å²) in [4.78, 5) is 23.1. The highest BCUT2D eigenvalue weighted by Crippen LogP contribution is 2.10. The number of rotatable bonds is 7. The molecule has 1 aromatic carbocycles. The predicted octanol–water partition coefficient (Wildman–Crippen LogP) is 0.937. The van der Waals surface area contributed by atoms with Crippen LogP contribution in [-0.4, -0.2) is 44.3 Å². The lowest BCUT2D eigenvalue weighted by Crippen LogP contribution is -2.35. The van der Waals surface area contributed by atoms with Crippen molar-refractivity contribution in [2.45, 2.75) is 18.9 Å². The lowest BCUT2D eigenvalue weighted by atomic mass is 10.2. The Morgan fingerprint density at radius 2 is 1.95 bits per heavy atom. The number of ether oxygens (including phenoxy) is 2. The second-order valence-corrected chi connectivity index (χ2v) is 4.85. The molecule has 1 saturated heterocycles. The third kappa shape index (κ3) is 5.93. The van der Waals surface area contributed by atoms with Crippen molar-refractivity contribution in [2.24, 2.45) is 0 Å². The zero-order valence-electron chi connectivity index (χ0n) is 11.8. The number of carbonyl (C=O) groups excluding carboxylic acids is 2. The fourth-order valence-electron chi connectivity index (χ4n) is 2.04. The summed E-state index contributed by atoms with van der Waals surface area (Å²) in [5.41, 5.74) is 0.703. The molecule has 114 valence electrons. The Balaban J connectivity index is 1.55. The van der Waals surface area contributed by atoms with Gasteiger partial charge in [0.15, 0.2) is 0 Å². The molecule has 21 heavy (non-hydrogen) atoms. The summed E-state index contributed by atoms with van der Waals surface area (Å²) in [6.07, 6.45) is 2.12. The molecule has 2 amide bonds. The Morgan fingerprint density at radius 1 is 1.19 bits per heavy atom. The molecule has 0 saturated carbocycles. The first-order chi connectivity index (χ1) is 10.2. The molecular formula is C15H20N2O4. The molecule has 0 aromatic heterocycles. The van der Waals surface area contributed by atoms with Gasteiger partial charge in [0, 0.05) is 18.8 Å². The summed E-state index contributed by atoms with van der Waals surface area (Å²) < 4.78 is 10.5. The lowest BCUT2D eigenvalue weighted by Gasteiger charge is -2.11. The third-order valence-corrected chi connectivity index (χ3v) is 3.07. The molecule has 1 aromatic rings. The second-order valence-electron chi connectivity index (χ2n) is 4.85. The molecule has 6 nitrogen and oxygen atoms in total. The minimum absolute atomic E-state index is 0.107. The van der Waals surface area contributed by atoms with Gasteiger partial charge >= 0.3 is 0 Å². The van der Waals surface area contributed by atoms with E-state index >= 15 is 0 Å². The van der Waals surface area contributed by atoms with E-state index in [1.54, 1.807) is 12.1 Å². The summed E-state index contributed by atoms with van der Waals surface area (Å²) in [5, 5.41) is 5.40. The molecular weight excluding hydrogens is 272 g/mol. The molecule has 0 bridgehead atoms. The number of hydrogen-bond acceptors (Lipinski definition) is 4. The molecule has 2 N–H and O–H groups in total. The van der Waals surface area contributed by atoms with Gasteiger partial charge in [-0.2, -0.15) is 0 Å². The van der Waals surface area contributed by atoms with E-state index in [2.05, 4.69) is 10.6 Å². The summed E-state index contributed by atoms with van der Waals surface area (Å²) in [7, 11) is 0. The molecule has 1 aliphatic heterocycles. The van der Waals surface area contributed by atoms with Crippen molar-refractivity contribution >= 4 is 17.5 Å². The highest BCUT2D eigenvalue weighted by atomic mass is 16.5. The van der Waals surface area contributed by atoms with E-state index in [4.69, 9.17) is 9.47 Å². The fraction of sp³-hybridized carbons (Fsp3) is 0.467. The Kier molecular flexibility index (Phi) is 6.18. The summed E-state index contributed by atoms with van der Waals surface area (Å²) in [6, 6.07) is 9.09. The number of nitrogens with one attached hydrogen (secondary N) is 2. The molecule has 0 aliphatic carbocycles. The Morgan fingerprint density at radius 3 is 2.67 bits per heavy atom. The van der Waals surface area contributed by atoms with Gasteiger partial charge in [-0.05, 0) is 25.0 Å². The normalized spacial score (nSPS) is 17.4. The van der Waals surface area contributed by atoms with E-state index in [1.165, 1.54) is 0 Å². The van der Waals surface area contributed by atoms with Crippen LogP contribution in [0, 0.1) is 0 Å². The number of carbonyl (C=O) groups is 2. The summed E-state index contributed by atoms with van der Waals surface area (Å²) in [5.74, 6) is -0.522. The van der Waals surface area contributed by atoms with Crippen LogP contribution in [0.5, 0.6) is 0 Å². The smallest absolute Gasteiger partial charge is 0.250 e. The van der Waals surface area contributed by atoms with Crippen molar-refractivity contribution in [2.75, 3.05) is 31.7 Å². The number of amides is 2. The van der Waals surface area contributed by atoms with Crippen LogP contribution >= 0.6 is 0 Å². The molecule has 0 spiro atoms. The first-order valence-electron chi connectivity index (χ1n) is 7.05. The van der Waals surface area contributed by atoms with Crippen LogP contribution in [0.1, 0.15) is 12.8 Å². The number of anilines is 1. The van der Waals surface area contributed by atoms with Crippen molar-refractivity contribution in [3.63, 3.8) is 0 Å². The van der Waals surface area contributed by atoms with Crippen LogP contribution in [0.25, 0.3) is 0 Å². The number of benzene rings is 1. The van der Waals surface area contributed by atoms with Crippen molar-refractivity contribution in [3.05, 3.63) is 30.3 Å². The zero-order chi connectivity index (χ0) is 14.9. The maximum atomic E-state index is 11.6. The standard InChI is InChI=1S/C15H20N2O4/c18-14(16-9-13-7-4-8-21-13)10-20-11-15(19)17-12-5-2-1-3-6-12/h1-3,5-6,13H,4,7-11H2,(H,16,18)(H,17,19). The average molecular weight is 292 g/mol. The minimum atomic E-state index is -0.284. The summed E-state index contributed by atoms with van der Waals surface area (Å²) >= 11 is 0. The van der Waals surface area contributed by atoms with E-state index in [-0.39, 0.29) is 31.1 Å². The van der Waals surface area contributed by atoms with Gasteiger partial charge in [-0.25, -0.2) is 0 Å². The van der Waals surface area contributed by atoms with Gasteiger partial charge < -0.3 is 20.1 Å². The van der Waals surface area contributed by atoms with Gasteiger partial charge in [0.1, 0.15) is 13.2 Å². The third-order valence-electron chi connectivity index (χ3n) is 3.07. The van der Waals surface area contributed by atoms with Gasteiger partial charge in [-0.3, -0.25) is 9.59 Å². The predicted molar refractivity (Wildman–Crippen MR) is 77.9 cm³/mol. The number of para-hydroxylation sites is 1. The zero-order valence-corrected chi connectivity index (χ0v) is 11.8. The highest BCUT2D eigenvalue weighted by Gasteiger charge is 2.16. The lowest BCUT2D eigenvalue weighted by molar-refractivity contribution is -0.129. The van der Waals surface area contributed by atoms with Crippen LogP contribution in [0.3, 0.4) is 0 Å². The maximum absolute atomic E-state index is 11.6. The van der Waals surface area contributed by atoms with E-state index in [1.807, 2.05) is 18.2 Å².